The SMILES string of the molecule is N[C@@H](Cc1ccc(Oc2ccnc3[nH]cc(C4=CCNC4)c23)cc1)C(=O)N1CCN(Cc2ccccc2)CC1. The topological polar surface area (TPSA) is 99.5 Å². The lowest BCUT2D eigenvalue weighted by Gasteiger charge is -2.36. The molecule has 8 heteroatoms. The summed E-state index contributed by atoms with van der Waals surface area (Å²) < 4.78 is 6.29. The van der Waals surface area contributed by atoms with Crippen LogP contribution in [0.1, 0.15) is 16.7 Å². The van der Waals surface area contributed by atoms with Crippen LogP contribution in [-0.4, -0.2) is 71.0 Å². The molecule has 1 saturated heterocycles. The number of aromatic amines is 1. The average molecular weight is 523 g/mol. The van der Waals surface area contributed by atoms with E-state index in [0.717, 1.165) is 66.4 Å². The van der Waals surface area contributed by atoms with Crippen LogP contribution in [0.5, 0.6) is 11.5 Å². The summed E-state index contributed by atoms with van der Waals surface area (Å²) >= 11 is 0. The normalized spacial score (nSPS) is 16.8. The molecule has 4 aromatic rings. The van der Waals surface area contributed by atoms with Gasteiger partial charge in [0.1, 0.15) is 17.1 Å². The molecule has 0 bridgehead atoms. The summed E-state index contributed by atoms with van der Waals surface area (Å²) in [7, 11) is 0. The number of hydrogen-bond donors (Lipinski definition) is 3. The van der Waals surface area contributed by atoms with Crippen molar-refractivity contribution in [1.82, 2.24) is 25.1 Å². The summed E-state index contributed by atoms with van der Waals surface area (Å²) in [5.74, 6) is 1.51. The quantitative estimate of drug-likeness (QED) is 0.327. The first-order valence-corrected chi connectivity index (χ1v) is 13.6. The van der Waals surface area contributed by atoms with Crippen LogP contribution in [0.4, 0.5) is 0 Å². The van der Waals surface area contributed by atoms with Crippen molar-refractivity contribution in [3.63, 3.8) is 0 Å². The molecule has 2 aliphatic heterocycles. The minimum atomic E-state index is -0.562. The lowest BCUT2D eigenvalue weighted by atomic mass is 10.0. The fourth-order valence-corrected chi connectivity index (χ4v) is 5.41. The predicted molar refractivity (Wildman–Crippen MR) is 153 cm³/mol. The Morgan fingerprint density at radius 2 is 1.79 bits per heavy atom. The molecule has 1 amide bonds. The number of nitrogens with one attached hydrogen (secondary N) is 2. The van der Waals surface area contributed by atoms with E-state index in [0.29, 0.717) is 19.5 Å². The Kier molecular flexibility index (Phi) is 7.40. The van der Waals surface area contributed by atoms with Crippen LogP contribution in [0.15, 0.2) is 79.1 Å². The molecule has 1 atom stereocenters. The summed E-state index contributed by atoms with van der Waals surface area (Å²) in [4.78, 5) is 25.1. The first-order valence-electron chi connectivity index (χ1n) is 13.6. The van der Waals surface area contributed by atoms with Gasteiger partial charge in [-0.05, 0) is 41.3 Å². The molecule has 0 unspecified atom stereocenters. The van der Waals surface area contributed by atoms with E-state index in [2.05, 4.69) is 50.5 Å². The number of rotatable bonds is 8. The van der Waals surface area contributed by atoms with E-state index in [-0.39, 0.29) is 5.91 Å². The molecule has 200 valence electrons. The van der Waals surface area contributed by atoms with Gasteiger partial charge in [0.15, 0.2) is 0 Å². The van der Waals surface area contributed by atoms with Crippen molar-refractivity contribution in [1.29, 1.82) is 0 Å². The highest BCUT2D eigenvalue weighted by Crippen LogP contribution is 2.35. The molecule has 1 fully saturated rings. The van der Waals surface area contributed by atoms with Gasteiger partial charge >= 0.3 is 0 Å². The van der Waals surface area contributed by atoms with E-state index in [1.807, 2.05) is 47.5 Å². The Bertz CT molecular complexity index is 1460. The Labute approximate surface area is 228 Å². The Morgan fingerprint density at radius 3 is 2.54 bits per heavy atom. The van der Waals surface area contributed by atoms with Crippen molar-refractivity contribution in [2.24, 2.45) is 5.73 Å². The average Bonchev–Trinajstić information content (AvgIpc) is 3.65. The zero-order valence-electron chi connectivity index (χ0n) is 22.0. The van der Waals surface area contributed by atoms with E-state index >= 15 is 0 Å². The van der Waals surface area contributed by atoms with Gasteiger partial charge in [-0.1, -0.05) is 48.5 Å². The number of carbonyl (C=O) groups excluding carboxylic acids is 1. The van der Waals surface area contributed by atoms with Crippen LogP contribution in [0.3, 0.4) is 0 Å². The van der Waals surface area contributed by atoms with Crippen LogP contribution in [0, 0.1) is 0 Å². The minimum Gasteiger partial charge on any atom is -0.457 e. The van der Waals surface area contributed by atoms with Crippen LogP contribution in [0.2, 0.25) is 0 Å². The fourth-order valence-electron chi connectivity index (χ4n) is 5.41. The van der Waals surface area contributed by atoms with Crippen LogP contribution in [-0.2, 0) is 17.8 Å². The number of H-pyrrole nitrogens is 1. The number of ether oxygens (including phenoxy) is 1. The van der Waals surface area contributed by atoms with E-state index in [1.54, 1.807) is 6.20 Å². The Balaban J connectivity index is 1.05. The van der Waals surface area contributed by atoms with Gasteiger partial charge in [-0.3, -0.25) is 9.69 Å². The second kappa shape index (κ2) is 11.4. The van der Waals surface area contributed by atoms with Crippen molar-refractivity contribution in [3.05, 3.63) is 95.8 Å². The molecule has 2 aliphatic rings. The molecule has 2 aromatic heterocycles. The lowest BCUT2D eigenvalue weighted by molar-refractivity contribution is -0.134. The lowest BCUT2D eigenvalue weighted by Crippen LogP contribution is -2.53. The maximum atomic E-state index is 13.1. The number of carbonyl (C=O) groups is 1. The van der Waals surface area contributed by atoms with Crippen LogP contribution >= 0.6 is 0 Å². The molecule has 6 rings (SSSR count). The van der Waals surface area contributed by atoms with Gasteiger partial charge in [-0.2, -0.15) is 0 Å². The Morgan fingerprint density at radius 1 is 1.00 bits per heavy atom. The standard InChI is InChI=1S/C31H34N6O2/c32-27(31(38)37-16-14-36(15-17-37)21-23-4-2-1-3-5-23)18-22-6-8-25(9-7-22)39-28-11-13-34-30-29(28)26(20-35-30)24-10-12-33-19-24/h1-11,13,20,27,33H,12,14-19,21,32H2,(H,34,35)/t27-/m0/s1. The summed E-state index contributed by atoms with van der Waals surface area (Å²) in [5.41, 5.74) is 11.8. The second-order valence-corrected chi connectivity index (χ2v) is 10.2. The molecule has 0 saturated carbocycles. The smallest absolute Gasteiger partial charge is 0.239 e. The highest BCUT2D eigenvalue weighted by Gasteiger charge is 2.25. The molecular weight excluding hydrogens is 488 g/mol. The first-order chi connectivity index (χ1) is 19.1. The van der Waals surface area contributed by atoms with E-state index < -0.39 is 6.04 Å². The molecule has 4 N–H and O–H groups in total. The molecule has 8 nitrogen and oxygen atoms in total. The third-order valence-electron chi connectivity index (χ3n) is 7.55. The Hall–Kier alpha value is -3.98. The van der Waals surface area contributed by atoms with Crippen molar-refractivity contribution in [3.8, 4) is 11.5 Å². The number of fused-ring (bicyclic) bond motifs is 1. The van der Waals surface area contributed by atoms with Gasteiger partial charge in [0.2, 0.25) is 5.91 Å². The van der Waals surface area contributed by atoms with Crippen molar-refractivity contribution < 1.29 is 9.53 Å². The number of nitrogens with two attached hydrogens (primary N) is 1. The largest absolute Gasteiger partial charge is 0.457 e. The van der Waals surface area contributed by atoms with E-state index in [4.69, 9.17) is 10.5 Å². The number of amides is 1. The van der Waals surface area contributed by atoms with Gasteiger partial charge in [0.25, 0.3) is 0 Å². The van der Waals surface area contributed by atoms with Gasteiger partial charge in [-0.25, -0.2) is 4.98 Å². The van der Waals surface area contributed by atoms with E-state index in [1.165, 1.54) is 11.1 Å². The highest BCUT2D eigenvalue weighted by atomic mass is 16.5. The maximum Gasteiger partial charge on any atom is 0.239 e. The number of piperazine rings is 1. The molecule has 0 radical (unpaired) electrons. The third-order valence-corrected chi connectivity index (χ3v) is 7.55. The highest BCUT2D eigenvalue weighted by molar-refractivity contribution is 5.96. The summed E-state index contributed by atoms with van der Waals surface area (Å²) in [6, 6.07) is 19.6. The number of nitrogens with zero attached hydrogens (tertiary/aromatic N) is 3. The summed E-state index contributed by atoms with van der Waals surface area (Å²) in [5, 5.41) is 4.33. The molecule has 39 heavy (non-hydrogen) atoms. The van der Waals surface area contributed by atoms with Crippen LogP contribution < -0.4 is 15.8 Å². The monoisotopic (exact) mass is 522 g/mol. The number of benzene rings is 2. The number of hydrogen-bond acceptors (Lipinski definition) is 6. The van der Waals surface area contributed by atoms with Crippen molar-refractivity contribution >= 4 is 22.5 Å². The zero-order chi connectivity index (χ0) is 26.6. The fraction of sp³-hybridized carbons (Fsp3) is 0.290. The maximum absolute atomic E-state index is 13.1. The molecule has 0 spiro atoms. The van der Waals surface area contributed by atoms with Crippen molar-refractivity contribution in [2.45, 2.75) is 19.0 Å². The van der Waals surface area contributed by atoms with Crippen molar-refractivity contribution in [2.75, 3.05) is 39.3 Å². The minimum absolute atomic E-state index is 0.0181. The van der Waals surface area contributed by atoms with Gasteiger partial charge in [0, 0.05) is 63.8 Å². The van der Waals surface area contributed by atoms with Gasteiger partial charge in [-0.15, -0.1) is 0 Å². The molecular formula is C31H34N6O2. The first kappa shape index (κ1) is 25.3. The second-order valence-electron chi connectivity index (χ2n) is 10.2. The van der Waals surface area contributed by atoms with Crippen LogP contribution in [0.25, 0.3) is 16.6 Å². The number of pyridine rings is 1. The van der Waals surface area contributed by atoms with Gasteiger partial charge < -0.3 is 25.7 Å². The molecule has 2 aromatic carbocycles. The summed E-state index contributed by atoms with van der Waals surface area (Å²) in [6.07, 6.45) is 6.43. The predicted octanol–water partition coefficient (Wildman–Crippen LogP) is 3.56. The molecule has 4 heterocycles. The van der Waals surface area contributed by atoms with E-state index in [9.17, 15) is 4.79 Å². The number of aromatic nitrogens is 2. The summed E-state index contributed by atoms with van der Waals surface area (Å²) in [6.45, 7) is 5.75. The third kappa shape index (κ3) is 5.73. The van der Waals surface area contributed by atoms with Gasteiger partial charge in [0.05, 0.1) is 11.4 Å². The zero-order valence-corrected chi connectivity index (χ0v) is 22.0. The molecule has 0 aliphatic carbocycles.